The summed E-state index contributed by atoms with van der Waals surface area (Å²) < 4.78 is 1.71. The molecule has 5 nitrogen and oxygen atoms in total. The Bertz CT molecular complexity index is 584. The van der Waals surface area contributed by atoms with Gasteiger partial charge >= 0.3 is 0 Å². The number of nitrogens with one attached hydrogen (secondary N) is 1. The van der Waals surface area contributed by atoms with E-state index in [0.717, 1.165) is 31.2 Å². The van der Waals surface area contributed by atoms with Gasteiger partial charge in [0.25, 0.3) is 5.91 Å². The Morgan fingerprint density at radius 3 is 2.89 bits per heavy atom. The smallest absolute Gasteiger partial charge is 0.255 e. The van der Waals surface area contributed by atoms with Crippen LogP contribution in [0.25, 0.3) is 5.52 Å². The lowest BCUT2D eigenvalue weighted by atomic mass is 9.91. The molecule has 5 heteroatoms. The first-order chi connectivity index (χ1) is 9.24. The first kappa shape index (κ1) is 12.2. The average molecular weight is 258 g/mol. The zero-order chi connectivity index (χ0) is 13.2. The Hall–Kier alpha value is -1.88. The highest BCUT2D eigenvalue weighted by atomic mass is 16.1. The monoisotopic (exact) mass is 258 g/mol. The van der Waals surface area contributed by atoms with Crippen molar-refractivity contribution in [2.75, 3.05) is 0 Å². The summed E-state index contributed by atoms with van der Waals surface area (Å²) in [5.41, 5.74) is 7.35. The number of pyridine rings is 1. The van der Waals surface area contributed by atoms with Crippen LogP contribution in [0.4, 0.5) is 0 Å². The Kier molecular flexibility index (Phi) is 3.21. The summed E-state index contributed by atoms with van der Waals surface area (Å²) in [5, 5.41) is 7.27. The minimum Gasteiger partial charge on any atom is -0.349 e. The number of amides is 1. The van der Waals surface area contributed by atoms with Crippen LogP contribution in [0, 0.1) is 0 Å². The van der Waals surface area contributed by atoms with Crippen LogP contribution in [-0.4, -0.2) is 27.6 Å². The van der Waals surface area contributed by atoms with Gasteiger partial charge < -0.3 is 11.1 Å². The number of carbonyl (C=O) groups excluding carboxylic acids is 1. The molecule has 2 heterocycles. The van der Waals surface area contributed by atoms with E-state index in [4.69, 9.17) is 5.73 Å². The first-order valence-electron chi connectivity index (χ1n) is 6.73. The minimum absolute atomic E-state index is 0.0401. The van der Waals surface area contributed by atoms with Crippen LogP contribution in [0.15, 0.2) is 30.6 Å². The van der Waals surface area contributed by atoms with Crippen molar-refractivity contribution >= 4 is 11.4 Å². The zero-order valence-electron chi connectivity index (χ0n) is 10.7. The molecular weight excluding hydrogens is 240 g/mol. The third kappa shape index (κ3) is 2.46. The van der Waals surface area contributed by atoms with Crippen molar-refractivity contribution in [3.8, 4) is 0 Å². The fraction of sp³-hybridized carbons (Fsp3) is 0.429. The van der Waals surface area contributed by atoms with Crippen molar-refractivity contribution in [1.29, 1.82) is 0 Å². The second kappa shape index (κ2) is 5.01. The molecule has 0 saturated heterocycles. The minimum atomic E-state index is -0.0401. The number of aromatic nitrogens is 2. The molecule has 1 saturated carbocycles. The van der Waals surface area contributed by atoms with E-state index in [0.29, 0.717) is 11.6 Å². The van der Waals surface area contributed by atoms with Crippen molar-refractivity contribution in [3.05, 3.63) is 36.2 Å². The van der Waals surface area contributed by atoms with E-state index in [9.17, 15) is 4.79 Å². The van der Waals surface area contributed by atoms with E-state index in [1.807, 2.05) is 24.4 Å². The lowest BCUT2D eigenvalue weighted by Gasteiger charge is -2.26. The van der Waals surface area contributed by atoms with E-state index in [1.165, 1.54) is 0 Å². The molecule has 0 spiro atoms. The molecule has 3 N–H and O–H groups in total. The maximum atomic E-state index is 12.3. The molecule has 0 bridgehead atoms. The number of hydrogen-bond acceptors (Lipinski definition) is 3. The molecule has 0 aliphatic heterocycles. The number of rotatable bonds is 2. The zero-order valence-corrected chi connectivity index (χ0v) is 10.7. The van der Waals surface area contributed by atoms with E-state index in [1.54, 1.807) is 10.7 Å². The highest BCUT2D eigenvalue weighted by Gasteiger charge is 2.21. The molecule has 1 aliphatic carbocycles. The highest BCUT2D eigenvalue weighted by molar-refractivity contribution is 6.00. The summed E-state index contributed by atoms with van der Waals surface area (Å²) in [6.07, 6.45) is 7.36. The largest absolute Gasteiger partial charge is 0.349 e. The summed E-state index contributed by atoms with van der Waals surface area (Å²) in [6, 6.07) is 6.24. The quantitative estimate of drug-likeness (QED) is 0.853. The third-order valence-corrected chi connectivity index (χ3v) is 3.78. The van der Waals surface area contributed by atoms with E-state index >= 15 is 0 Å². The Balaban J connectivity index is 1.73. The molecule has 0 radical (unpaired) electrons. The number of hydrogen-bond donors (Lipinski definition) is 2. The maximum absolute atomic E-state index is 12.3. The molecule has 0 aromatic carbocycles. The van der Waals surface area contributed by atoms with Crippen molar-refractivity contribution < 1.29 is 4.79 Å². The van der Waals surface area contributed by atoms with Crippen molar-refractivity contribution in [2.45, 2.75) is 37.8 Å². The molecule has 100 valence electrons. The Morgan fingerprint density at radius 2 is 2.11 bits per heavy atom. The number of nitrogens with zero attached hydrogens (tertiary/aromatic N) is 2. The predicted octanol–water partition coefficient (Wildman–Crippen LogP) is 1.33. The number of carbonyl (C=O) groups is 1. The van der Waals surface area contributed by atoms with Gasteiger partial charge in [-0.15, -0.1) is 0 Å². The SMILES string of the molecule is NC1CCC(NC(=O)c2cnn3ccccc23)CC1. The van der Waals surface area contributed by atoms with Gasteiger partial charge in [0.15, 0.2) is 0 Å². The van der Waals surface area contributed by atoms with Crippen LogP contribution >= 0.6 is 0 Å². The van der Waals surface area contributed by atoms with Gasteiger partial charge in [0.05, 0.1) is 17.3 Å². The molecule has 1 fully saturated rings. The van der Waals surface area contributed by atoms with Crippen LogP contribution < -0.4 is 11.1 Å². The van der Waals surface area contributed by atoms with E-state index in [2.05, 4.69) is 10.4 Å². The van der Waals surface area contributed by atoms with Crippen LogP contribution in [0.2, 0.25) is 0 Å². The van der Waals surface area contributed by atoms with Gasteiger partial charge in [-0.3, -0.25) is 4.79 Å². The summed E-state index contributed by atoms with van der Waals surface area (Å²) in [4.78, 5) is 12.3. The van der Waals surface area contributed by atoms with E-state index in [-0.39, 0.29) is 11.9 Å². The maximum Gasteiger partial charge on any atom is 0.255 e. The summed E-state index contributed by atoms with van der Waals surface area (Å²) in [5.74, 6) is -0.0401. The topological polar surface area (TPSA) is 72.4 Å². The van der Waals surface area contributed by atoms with Crippen molar-refractivity contribution in [2.24, 2.45) is 5.73 Å². The van der Waals surface area contributed by atoms with Crippen LogP contribution in [-0.2, 0) is 0 Å². The lowest BCUT2D eigenvalue weighted by molar-refractivity contribution is 0.0927. The van der Waals surface area contributed by atoms with Crippen LogP contribution in [0.3, 0.4) is 0 Å². The molecule has 2 aromatic heterocycles. The fourth-order valence-electron chi connectivity index (χ4n) is 2.64. The molecule has 0 atom stereocenters. The second-order valence-electron chi connectivity index (χ2n) is 5.17. The Labute approximate surface area is 111 Å². The molecule has 19 heavy (non-hydrogen) atoms. The third-order valence-electron chi connectivity index (χ3n) is 3.78. The normalized spacial score (nSPS) is 23.4. The highest BCUT2D eigenvalue weighted by Crippen LogP contribution is 2.18. The fourth-order valence-corrected chi connectivity index (χ4v) is 2.64. The summed E-state index contributed by atoms with van der Waals surface area (Å²) in [7, 11) is 0. The van der Waals surface area contributed by atoms with Gasteiger partial charge in [0.1, 0.15) is 0 Å². The van der Waals surface area contributed by atoms with Gasteiger partial charge in [0, 0.05) is 18.3 Å². The number of nitrogens with two attached hydrogens (primary N) is 1. The lowest BCUT2D eigenvalue weighted by Crippen LogP contribution is -2.40. The number of fused-ring (bicyclic) bond motifs is 1. The molecule has 0 unspecified atom stereocenters. The molecular formula is C14H18N4O. The average Bonchev–Trinajstić information content (AvgIpc) is 2.85. The summed E-state index contributed by atoms with van der Waals surface area (Å²) in [6.45, 7) is 0. The molecule has 2 aromatic rings. The van der Waals surface area contributed by atoms with Crippen LogP contribution in [0.1, 0.15) is 36.0 Å². The molecule has 3 rings (SSSR count). The standard InChI is InChI=1S/C14H18N4O/c15-10-4-6-11(7-5-10)17-14(19)12-9-16-18-8-2-1-3-13(12)18/h1-3,8-11H,4-7,15H2,(H,17,19). The summed E-state index contributed by atoms with van der Waals surface area (Å²) >= 11 is 0. The molecule has 1 amide bonds. The van der Waals surface area contributed by atoms with Gasteiger partial charge in [0.2, 0.25) is 0 Å². The van der Waals surface area contributed by atoms with Gasteiger partial charge in [-0.05, 0) is 37.8 Å². The van der Waals surface area contributed by atoms with E-state index < -0.39 is 0 Å². The Morgan fingerprint density at radius 1 is 1.32 bits per heavy atom. The predicted molar refractivity (Wildman–Crippen MR) is 72.9 cm³/mol. The first-order valence-corrected chi connectivity index (χ1v) is 6.73. The van der Waals surface area contributed by atoms with Gasteiger partial charge in [-0.25, -0.2) is 4.52 Å². The van der Waals surface area contributed by atoms with Crippen LogP contribution in [0.5, 0.6) is 0 Å². The van der Waals surface area contributed by atoms with Gasteiger partial charge in [-0.1, -0.05) is 6.07 Å². The second-order valence-corrected chi connectivity index (χ2v) is 5.17. The van der Waals surface area contributed by atoms with Crippen molar-refractivity contribution in [1.82, 2.24) is 14.9 Å². The molecule has 1 aliphatic rings. The van der Waals surface area contributed by atoms with Crippen molar-refractivity contribution in [3.63, 3.8) is 0 Å². The van der Waals surface area contributed by atoms with Gasteiger partial charge in [-0.2, -0.15) is 5.10 Å².